The van der Waals surface area contributed by atoms with Crippen LogP contribution in [0.15, 0.2) is 36.4 Å². The van der Waals surface area contributed by atoms with Gasteiger partial charge in [-0.3, -0.25) is 0 Å². The first-order valence-corrected chi connectivity index (χ1v) is 5.80. The Kier molecular flexibility index (Phi) is 3.68. The second-order valence-electron chi connectivity index (χ2n) is 4.37. The first-order valence-electron chi connectivity index (χ1n) is 5.80. The van der Waals surface area contributed by atoms with Gasteiger partial charge in [-0.15, -0.1) is 0 Å². The summed E-state index contributed by atoms with van der Waals surface area (Å²) in [5.74, 6) is -2.63. The molecule has 102 valence electrons. The lowest BCUT2D eigenvalue weighted by molar-refractivity contribution is -0.0711. The van der Waals surface area contributed by atoms with Crippen molar-refractivity contribution in [3.8, 4) is 5.75 Å². The predicted octanol–water partition coefficient (Wildman–Crippen LogP) is 2.48. The van der Waals surface area contributed by atoms with Crippen LogP contribution in [0.3, 0.4) is 0 Å². The van der Waals surface area contributed by atoms with Crippen molar-refractivity contribution in [2.75, 3.05) is 13.7 Å². The van der Waals surface area contributed by atoms with E-state index in [1.54, 1.807) is 31.4 Å². The smallest absolute Gasteiger partial charge is 0.289 e. The summed E-state index contributed by atoms with van der Waals surface area (Å²) in [4.78, 5) is 0. The molecular formula is C14H15F2NO2. The number of rotatable bonds is 4. The minimum atomic E-state index is -3.33. The van der Waals surface area contributed by atoms with Gasteiger partial charge < -0.3 is 15.6 Å². The molecule has 0 heterocycles. The number of alkyl halides is 2. The Bertz CT molecular complexity index is 587. The number of aliphatic hydroxyl groups is 1. The maximum atomic E-state index is 13.4. The number of methoxy groups -OCH3 is 1. The molecule has 0 unspecified atom stereocenters. The van der Waals surface area contributed by atoms with Gasteiger partial charge in [0.1, 0.15) is 12.4 Å². The predicted molar refractivity (Wildman–Crippen MR) is 69.5 cm³/mol. The molecule has 0 saturated carbocycles. The van der Waals surface area contributed by atoms with E-state index in [9.17, 15) is 8.78 Å². The molecule has 5 heteroatoms. The number of hydrogen-bond acceptors (Lipinski definition) is 3. The van der Waals surface area contributed by atoms with Gasteiger partial charge in [0.2, 0.25) is 0 Å². The van der Waals surface area contributed by atoms with Crippen molar-refractivity contribution >= 4 is 10.8 Å². The molecular weight excluding hydrogens is 252 g/mol. The van der Waals surface area contributed by atoms with Gasteiger partial charge in [-0.05, 0) is 34.5 Å². The van der Waals surface area contributed by atoms with Crippen LogP contribution in [0.1, 0.15) is 11.6 Å². The topological polar surface area (TPSA) is 55.5 Å². The Balaban J connectivity index is 2.42. The van der Waals surface area contributed by atoms with Crippen LogP contribution in [0.5, 0.6) is 5.75 Å². The summed E-state index contributed by atoms with van der Waals surface area (Å²) in [7, 11) is 1.56. The molecule has 0 aliphatic heterocycles. The number of halogens is 2. The fourth-order valence-electron chi connectivity index (χ4n) is 1.90. The summed E-state index contributed by atoms with van der Waals surface area (Å²) in [6.07, 6.45) is 0. The van der Waals surface area contributed by atoms with Crippen molar-refractivity contribution in [2.24, 2.45) is 5.73 Å². The van der Waals surface area contributed by atoms with E-state index in [-0.39, 0.29) is 5.56 Å². The Morgan fingerprint density at radius 1 is 1.21 bits per heavy atom. The van der Waals surface area contributed by atoms with Gasteiger partial charge in [-0.2, -0.15) is 0 Å². The Morgan fingerprint density at radius 2 is 1.84 bits per heavy atom. The average molecular weight is 267 g/mol. The largest absolute Gasteiger partial charge is 0.497 e. The second kappa shape index (κ2) is 5.11. The average Bonchev–Trinajstić information content (AvgIpc) is 2.45. The zero-order valence-corrected chi connectivity index (χ0v) is 10.4. The summed E-state index contributed by atoms with van der Waals surface area (Å²) < 4.78 is 31.8. The minimum Gasteiger partial charge on any atom is -0.497 e. The number of ether oxygens (including phenoxy) is 1. The van der Waals surface area contributed by atoms with Crippen molar-refractivity contribution < 1.29 is 18.6 Å². The highest BCUT2D eigenvalue weighted by atomic mass is 19.3. The highest BCUT2D eigenvalue weighted by Crippen LogP contribution is 2.31. The van der Waals surface area contributed by atoms with E-state index < -0.39 is 18.6 Å². The molecule has 1 atom stereocenters. The van der Waals surface area contributed by atoms with E-state index in [0.29, 0.717) is 5.75 Å². The molecule has 0 aliphatic carbocycles. The van der Waals surface area contributed by atoms with E-state index in [2.05, 4.69) is 0 Å². The Labute approximate surface area is 109 Å². The van der Waals surface area contributed by atoms with Gasteiger partial charge in [0.15, 0.2) is 0 Å². The van der Waals surface area contributed by atoms with Crippen molar-refractivity contribution in [1.29, 1.82) is 0 Å². The van der Waals surface area contributed by atoms with Crippen molar-refractivity contribution in [2.45, 2.75) is 12.0 Å². The van der Waals surface area contributed by atoms with Crippen LogP contribution in [-0.4, -0.2) is 24.7 Å². The quantitative estimate of drug-likeness (QED) is 0.894. The normalized spacial score (nSPS) is 13.5. The number of fused-ring (bicyclic) bond motifs is 1. The molecule has 3 N–H and O–H groups in total. The molecule has 2 aromatic rings. The first kappa shape index (κ1) is 13.7. The standard InChI is InChI=1S/C14H15F2NO2/c1-19-12-5-4-9-6-11(3-2-10(9)7-12)13(17)14(15,16)8-18/h2-7,13,18H,8,17H2,1H3/t13-/m1/s1. The highest BCUT2D eigenvalue weighted by Gasteiger charge is 2.37. The third-order valence-electron chi connectivity index (χ3n) is 3.10. The molecule has 3 nitrogen and oxygen atoms in total. The number of nitrogens with two attached hydrogens (primary N) is 1. The number of benzene rings is 2. The highest BCUT2D eigenvalue weighted by molar-refractivity contribution is 5.84. The van der Waals surface area contributed by atoms with Crippen LogP contribution >= 0.6 is 0 Å². The minimum absolute atomic E-state index is 0.289. The first-order chi connectivity index (χ1) is 8.97. The SMILES string of the molecule is COc1ccc2cc([C@@H](N)C(F)(F)CO)ccc2c1. The van der Waals surface area contributed by atoms with E-state index in [1.165, 1.54) is 6.07 Å². The van der Waals surface area contributed by atoms with E-state index in [0.717, 1.165) is 10.8 Å². The van der Waals surface area contributed by atoms with Crippen LogP contribution < -0.4 is 10.5 Å². The lowest BCUT2D eigenvalue weighted by Crippen LogP contribution is -2.36. The summed E-state index contributed by atoms with van der Waals surface area (Å²) in [5.41, 5.74) is 5.78. The molecule has 2 rings (SSSR count). The Hall–Kier alpha value is -1.72. The molecule has 0 radical (unpaired) electrons. The van der Waals surface area contributed by atoms with Crippen LogP contribution in [0.25, 0.3) is 10.8 Å². The van der Waals surface area contributed by atoms with Gasteiger partial charge in [-0.25, -0.2) is 8.78 Å². The number of aliphatic hydroxyl groups excluding tert-OH is 1. The summed E-state index contributed by atoms with van der Waals surface area (Å²) in [6.45, 7) is -1.27. The summed E-state index contributed by atoms with van der Waals surface area (Å²) in [5, 5.41) is 10.3. The lowest BCUT2D eigenvalue weighted by Gasteiger charge is -2.22. The van der Waals surface area contributed by atoms with Crippen molar-refractivity contribution in [3.63, 3.8) is 0 Å². The fourth-order valence-corrected chi connectivity index (χ4v) is 1.90. The van der Waals surface area contributed by atoms with Crippen molar-refractivity contribution in [3.05, 3.63) is 42.0 Å². The zero-order chi connectivity index (χ0) is 14.0. The maximum Gasteiger partial charge on any atom is 0.289 e. The van der Waals surface area contributed by atoms with Crippen LogP contribution in [0, 0.1) is 0 Å². The molecule has 0 aromatic heterocycles. The lowest BCUT2D eigenvalue weighted by atomic mass is 9.98. The van der Waals surface area contributed by atoms with Gasteiger partial charge >= 0.3 is 0 Å². The van der Waals surface area contributed by atoms with Crippen LogP contribution in [-0.2, 0) is 0 Å². The van der Waals surface area contributed by atoms with Gasteiger partial charge in [0.05, 0.1) is 13.2 Å². The van der Waals surface area contributed by atoms with Crippen molar-refractivity contribution in [1.82, 2.24) is 0 Å². The molecule has 0 bridgehead atoms. The second-order valence-corrected chi connectivity index (χ2v) is 4.37. The molecule has 19 heavy (non-hydrogen) atoms. The van der Waals surface area contributed by atoms with E-state index >= 15 is 0 Å². The third kappa shape index (κ3) is 2.67. The number of hydrogen-bond donors (Lipinski definition) is 2. The molecule has 0 amide bonds. The molecule has 0 aliphatic rings. The van der Waals surface area contributed by atoms with Gasteiger partial charge in [0.25, 0.3) is 5.92 Å². The molecule has 0 saturated heterocycles. The molecule has 2 aromatic carbocycles. The zero-order valence-electron chi connectivity index (χ0n) is 10.4. The van der Waals surface area contributed by atoms with Crippen LogP contribution in [0.2, 0.25) is 0 Å². The van der Waals surface area contributed by atoms with Gasteiger partial charge in [0, 0.05) is 0 Å². The summed E-state index contributed by atoms with van der Waals surface area (Å²) >= 11 is 0. The van der Waals surface area contributed by atoms with E-state index in [4.69, 9.17) is 15.6 Å². The van der Waals surface area contributed by atoms with E-state index in [1.807, 2.05) is 6.07 Å². The monoisotopic (exact) mass is 267 g/mol. The third-order valence-corrected chi connectivity index (χ3v) is 3.10. The molecule has 0 fully saturated rings. The fraction of sp³-hybridized carbons (Fsp3) is 0.286. The van der Waals surface area contributed by atoms with Crippen LogP contribution in [0.4, 0.5) is 8.78 Å². The molecule has 0 spiro atoms. The Morgan fingerprint density at radius 3 is 2.47 bits per heavy atom. The van der Waals surface area contributed by atoms with Gasteiger partial charge in [-0.1, -0.05) is 18.2 Å². The summed E-state index contributed by atoms with van der Waals surface area (Å²) in [6, 6.07) is 8.67. The maximum absolute atomic E-state index is 13.4.